The minimum absolute atomic E-state index is 0.231. The number of fused-ring (bicyclic) bond motifs is 1. The first-order valence-electron chi connectivity index (χ1n) is 11.7. The highest BCUT2D eigenvalue weighted by Gasteiger charge is 2.18. The second kappa shape index (κ2) is 10.0. The van der Waals surface area contributed by atoms with Crippen LogP contribution in [0.3, 0.4) is 0 Å². The summed E-state index contributed by atoms with van der Waals surface area (Å²) in [6.45, 7) is 2.96. The SMILES string of the molecule is CCOC(=O)c1c[nH]n2c(=O)cc(CN(C)Cc3cn(-c4ccccc4)nc3-c3ccccc3)nc12. The van der Waals surface area contributed by atoms with Crippen LogP contribution in [-0.2, 0) is 17.8 Å². The van der Waals surface area contributed by atoms with E-state index in [0.717, 1.165) is 22.5 Å². The van der Waals surface area contributed by atoms with Gasteiger partial charge in [0.15, 0.2) is 5.65 Å². The molecule has 0 spiro atoms. The molecule has 9 nitrogen and oxygen atoms in total. The number of carbonyl (C=O) groups is 1. The highest BCUT2D eigenvalue weighted by molar-refractivity contribution is 5.95. The first kappa shape index (κ1) is 23.3. The Morgan fingerprint density at radius 3 is 2.50 bits per heavy atom. The summed E-state index contributed by atoms with van der Waals surface area (Å²) in [5.41, 5.74) is 4.69. The number of rotatable bonds is 8. The molecule has 3 aromatic heterocycles. The lowest BCUT2D eigenvalue weighted by molar-refractivity contribution is 0.0528. The Hall–Kier alpha value is -4.50. The fraction of sp³-hybridized carbons (Fsp3) is 0.185. The summed E-state index contributed by atoms with van der Waals surface area (Å²) >= 11 is 0. The third-order valence-electron chi connectivity index (χ3n) is 5.78. The van der Waals surface area contributed by atoms with Crippen molar-refractivity contribution in [3.8, 4) is 16.9 Å². The summed E-state index contributed by atoms with van der Waals surface area (Å²) in [6, 6.07) is 21.5. The first-order valence-corrected chi connectivity index (χ1v) is 11.7. The standard InChI is InChI=1S/C27H26N6O3/c1-3-36-27(35)23-15-28-33-24(34)14-21(29-26(23)33)18-31(2)16-20-17-32(22-12-8-5-9-13-22)30-25(20)19-10-6-4-7-11-19/h4-15,17,28H,3,16,18H2,1-2H3. The lowest BCUT2D eigenvalue weighted by Gasteiger charge is -2.16. The van der Waals surface area contributed by atoms with Crippen molar-refractivity contribution in [3.05, 3.63) is 106 Å². The molecule has 0 unspecified atom stereocenters. The van der Waals surface area contributed by atoms with Gasteiger partial charge in [0.25, 0.3) is 5.56 Å². The number of H-pyrrole nitrogens is 1. The average Bonchev–Trinajstić information content (AvgIpc) is 3.50. The molecule has 0 fully saturated rings. The minimum atomic E-state index is -0.519. The van der Waals surface area contributed by atoms with E-state index in [0.29, 0.717) is 18.8 Å². The zero-order valence-electron chi connectivity index (χ0n) is 20.1. The lowest BCUT2D eigenvalue weighted by Crippen LogP contribution is -2.22. The summed E-state index contributed by atoms with van der Waals surface area (Å²) in [6.07, 6.45) is 3.48. The number of benzene rings is 2. The van der Waals surface area contributed by atoms with Gasteiger partial charge in [-0.3, -0.25) is 14.8 Å². The smallest absolute Gasteiger partial charge is 0.343 e. The van der Waals surface area contributed by atoms with Crippen LogP contribution in [-0.4, -0.2) is 48.9 Å². The average molecular weight is 483 g/mol. The van der Waals surface area contributed by atoms with E-state index in [1.54, 1.807) is 6.92 Å². The highest BCUT2D eigenvalue weighted by Crippen LogP contribution is 2.25. The van der Waals surface area contributed by atoms with Gasteiger partial charge in [0.05, 0.1) is 23.7 Å². The van der Waals surface area contributed by atoms with Crippen LogP contribution in [0.15, 0.2) is 83.9 Å². The molecule has 182 valence electrons. The normalized spacial score (nSPS) is 11.3. The van der Waals surface area contributed by atoms with Gasteiger partial charge in [-0.1, -0.05) is 48.5 Å². The van der Waals surface area contributed by atoms with Crippen molar-refractivity contribution in [2.24, 2.45) is 0 Å². The van der Waals surface area contributed by atoms with Gasteiger partial charge < -0.3 is 4.74 Å². The van der Waals surface area contributed by atoms with Crippen molar-refractivity contribution in [2.45, 2.75) is 20.0 Å². The molecule has 5 rings (SSSR count). The van der Waals surface area contributed by atoms with E-state index >= 15 is 0 Å². The summed E-state index contributed by atoms with van der Waals surface area (Å²) in [5, 5.41) is 7.65. The Kier molecular flexibility index (Phi) is 6.46. The van der Waals surface area contributed by atoms with Crippen molar-refractivity contribution >= 4 is 11.6 Å². The summed E-state index contributed by atoms with van der Waals surface area (Å²) in [5.74, 6) is -0.519. The monoisotopic (exact) mass is 482 g/mol. The van der Waals surface area contributed by atoms with E-state index in [1.807, 2.05) is 78.6 Å². The topological polar surface area (TPSA) is 97.5 Å². The molecule has 0 amide bonds. The van der Waals surface area contributed by atoms with Crippen LogP contribution < -0.4 is 5.56 Å². The Balaban J connectivity index is 1.44. The molecular weight excluding hydrogens is 456 g/mol. The number of para-hydroxylation sites is 1. The molecule has 0 aliphatic carbocycles. The molecule has 0 bridgehead atoms. The number of ether oxygens (including phenoxy) is 1. The van der Waals surface area contributed by atoms with Crippen molar-refractivity contribution in [2.75, 3.05) is 13.7 Å². The largest absolute Gasteiger partial charge is 0.462 e. The quantitative estimate of drug-likeness (QED) is 0.339. The number of nitrogens with one attached hydrogen (secondary N) is 1. The molecule has 5 aromatic rings. The third-order valence-corrected chi connectivity index (χ3v) is 5.78. The van der Waals surface area contributed by atoms with Crippen LogP contribution in [0.2, 0.25) is 0 Å². The number of aromatic amines is 1. The van der Waals surface area contributed by atoms with Gasteiger partial charge >= 0.3 is 5.97 Å². The first-order chi connectivity index (χ1) is 17.5. The van der Waals surface area contributed by atoms with Crippen molar-refractivity contribution in [1.29, 1.82) is 0 Å². The van der Waals surface area contributed by atoms with Crippen LogP contribution in [0.25, 0.3) is 22.6 Å². The van der Waals surface area contributed by atoms with Gasteiger partial charge in [0, 0.05) is 42.7 Å². The molecule has 0 atom stereocenters. The van der Waals surface area contributed by atoms with Gasteiger partial charge in [-0.05, 0) is 26.1 Å². The van der Waals surface area contributed by atoms with E-state index in [4.69, 9.17) is 9.84 Å². The molecule has 0 saturated carbocycles. The third kappa shape index (κ3) is 4.69. The number of nitrogens with zero attached hydrogens (tertiary/aromatic N) is 5. The van der Waals surface area contributed by atoms with Crippen LogP contribution in [0.4, 0.5) is 0 Å². The maximum Gasteiger partial charge on any atom is 0.343 e. The molecule has 0 aliphatic heterocycles. The molecule has 0 radical (unpaired) electrons. The molecule has 36 heavy (non-hydrogen) atoms. The maximum atomic E-state index is 12.6. The van der Waals surface area contributed by atoms with Crippen LogP contribution in [0.5, 0.6) is 0 Å². The second-order valence-corrected chi connectivity index (χ2v) is 8.47. The molecule has 2 aromatic carbocycles. The molecule has 9 heteroatoms. The zero-order chi connectivity index (χ0) is 25.1. The summed E-state index contributed by atoms with van der Waals surface area (Å²) < 4.78 is 8.22. The molecule has 3 heterocycles. The number of hydrogen-bond acceptors (Lipinski definition) is 6. The lowest BCUT2D eigenvalue weighted by atomic mass is 10.1. The predicted molar refractivity (Wildman–Crippen MR) is 136 cm³/mol. The van der Waals surface area contributed by atoms with E-state index in [9.17, 15) is 9.59 Å². The number of aromatic nitrogens is 5. The van der Waals surface area contributed by atoms with Crippen molar-refractivity contribution in [3.63, 3.8) is 0 Å². The fourth-order valence-corrected chi connectivity index (χ4v) is 4.17. The van der Waals surface area contributed by atoms with Gasteiger partial charge in [-0.25, -0.2) is 19.0 Å². The van der Waals surface area contributed by atoms with E-state index < -0.39 is 5.97 Å². The molecule has 1 N–H and O–H groups in total. The second-order valence-electron chi connectivity index (χ2n) is 8.47. The summed E-state index contributed by atoms with van der Waals surface area (Å²) in [4.78, 5) is 31.6. The summed E-state index contributed by atoms with van der Waals surface area (Å²) in [7, 11) is 1.96. The van der Waals surface area contributed by atoms with Crippen molar-refractivity contribution < 1.29 is 9.53 Å². The highest BCUT2D eigenvalue weighted by atomic mass is 16.5. The van der Waals surface area contributed by atoms with Crippen molar-refractivity contribution in [1.82, 2.24) is 29.3 Å². The minimum Gasteiger partial charge on any atom is -0.462 e. The fourth-order valence-electron chi connectivity index (χ4n) is 4.17. The number of carbonyl (C=O) groups excluding carboxylic acids is 1. The number of hydrogen-bond donors (Lipinski definition) is 1. The molecular formula is C27H26N6O3. The van der Waals surface area contributed by atoms with Crippen LogP contribution >= 0.6 is 0 Å². The van der Waals surface area contributed by atoms with Gasteiger partial charge in [-0.2, -0.15) is 5.10 Å². The Bertz CT molecular complexity index is 1550. The Labute approximate surface area is 207 Å². The molecule has 0 aliphatic rings. The van der Waals surface area contributed by atoms with Gasteiger partial charge in [-0.15, -0.1) is 0 Å². The van der Waals surface area contributed by atoms with Gasteiger partial charge in [0.2, 0.25) is 0 Å². The van der Waals surface area contributed by atoms with Crippen LogP contribution in [0.1, 0.15) is 28.5 Å². The maximum absolute atomic E-state index is 12.6. The Morgan fingerprint density at radius 1 is 1.06 bits per heavy atom. The van der Waals surface area contributed by atoms with E-state index in [2.05, 4.69) is 15.0 Å². The zero-order valence-corrected chi connectivity index (χ0v) is 20.1. The van der Waals surface area contributed by atoms with E-state index in [1.165, 1.54) is 16.8 Å². The van der Waals surface area contributed by atoms with Gasteiger partial charge in [0.1, 0.15) is 5.56 Å². The number of esters is 1. The van der Waals surface area contributed by atoms with Crippen LogP contribution in [0, 0.1) is 0 Å². The van der Waals surface area contributed by atoms with E-state index in [-0.39, 0.29) is 23.4 Å². The molecule has 0 saturated heterocycles. The predicted octanol–water partition coefficient (Wildman–Crippen LogP) is 3.68. The Morgan fingerprint density at radius 2 is 1.78 bits per heavy atom.